The van der Waals surface area contributed by atoms with E-state index in [-0.39, 0.29) is 17.5 Å². The van der Waals surface area contributed by atoms with Crippen LogP contribution in [0, 0.1) is 0 Å². The molecule has 0 aliphatic heterocycles. The molecular weight excluding hydrogens is 210 g/mol. The van der Waals surface area contributed by atoms with Crippen molar-refractivity contribution in [2.45, 2.75) is 32.6 Å². The maximum absolute atomic E-state index is 10.6. The van der Waals surface area contributed by atoms with Gasteiger partial charge in [-0.3, -0.25) is 0 Å². The van der Waals surface area contributed by atoms with E-state index in [4.69, 9.17) is 14.7 Å². The summed E-state index contributed by atoms with van der Waals surface area (Å²) >= 11 is 0. The van der Waals surface area contributed by atoms with Gasteiger partial charge in [-0.05, 0) is 17.0 Å². The predicted octanol–water partition coefficient (Wildman–Crippen LogP) is 2.03. The maximum atomic E-state index is 10.6. The summed E-state index contributed by atoms with van der Waals surface area (Å²) in [5.74, 6) is -0.781. The maximum Gasteiger partial charge on any atom is 0.354 e. The number of rotatable bonds is 3. The number of aliphatic carboxylic acids is 1. The number of carbonyl (C=O) groups is 1. The second-order valence-corrected chi connectivity index (χ2v) is 4.58. The van der Waals surface area contributed by atoms with E-state index in [9.17, 15) is 4.79 Å². The zero-order valence-electron chi connectivity index (χ0n) is 9.52. The molecule has 1 aromatic rings. The van der Waals surface area contributed by atoms with Crippen LogP contribution in [-0.4, -0.2) is 22.0 Å². The highest BCUT2D eigenvalue weighted by Gasteiger charge is 2.19. The lowest BCUT2D eigenvalue weighted by molar-refractivity contribution is -0.129. The zero-order valence-corrected chi connectivity index (χ0v) is 9.52. The minimum absolute atomic E-state index is 0.0259. The average molecular weight is 225 g/mol. The fourth-order valence-corrected chi connectivity index (χ4v) is 1.19. The summed E-state index contributed by atoms with van der Waals surface area (Å²) in [5, 5.41) is 19.9. The second kappa shape index (κ2) is 4.38. The summed E-state index contributed by atoms with van der Waals surface area (Å²) in [6.45, 7) is 6.08. The third-order valence-corrected chi connectivity index (χ3v) is 2.23. The van der Waals surface area contributed by atoms with Crippen molar-refractivity contribution in [3.63, 3.8) is 0 Å². The Morgan fingerprint density at radius 1 is 1.50 bits per heavy atom. The Balaban J connectivity index is 2.84. The van der Waals surface area contributed by atoms with E-state index in [2.05, 4.69) is 5.16 Å². The Labute approximate surface area is 93.4 Å². The third-order valence-electron chi connectivity index (χ3n) is 2.23. The van der Waals surface area contributed by atoms with Gasteiger partial charge in [-0.2, -0.15) is 0 Å². The van der Waals surface area contributed by atoms with Gasteiger partial charge in [-0.25, -0.2) is 4.79 Å². The molecule has 0 radical (unpaired) electrons. The SMILES string of the molecule is CC(C)(C)c1coc(C/C(=N/O)C(=O)O)c1. The Hall–Kier alpha value is -1.78. The molecule has 1 aromatic heterocycles. The first kappa shape index (κ1) is 12.3. The lowest BCUT2D eigenvalue weighted by atomic mass is 9.89. The molecule has 0 saturated heterocycles. The highest BCUT2D eigenvalue weighted by molar-refractivity contribution is 6.35. The number of hydrogen-bond donors (Lipinski definition) is 2. The molecule has 0 fully saturated rings. The molecule has 16 heavy (non-hydrogen) atoms. The molecule has 1 heterocycles. The topological polar surface area (TPSA) is 83.0 Å². The summed E-state index contributed by atoms with van der Waals surface area (Å²) in [6.07, 6.45) is 1.56. The smallest absolute Gasteiger partial charge is 0.354 e. The van der Waals surface area contributed by atoms with Crippen LogP contribution in [0.2, 0.25) is 0 Å². The molecule has 0 saturated carbocycles. The number of nitrogens with zero attached hydrogens (tertiary/aromatic N) is 1. The Bertz CT molecular complexity index is 412. The van der Waals surface area contributed by atoms with Crippen LogP contribution in [0.5, 0.6) is 0 Å². The lowest BCUT2D eigenvalue weighted by Crippen LogP contribution is -2.15. The van der Waals surface area contributed by atoms with E-state index >= 15 is 0 Å². The zero-order chi connectivity index (χ0) is 12.3. The van der Waals surface area contributed by atoms with E-state index in [0.717, 1.165) is 5.56 Å². The number of carboxylic acids is 1. The Morgan fingerprint density at radius 3 is 2.50 bits per heavy atom. The number of furan rings is 1. The van der Waals surface area contributed by atoms with Crippen LogP contribution in [0.4, 0.5) is 0 Å². The van der Waals surface area contributed by atoms with Gasteiger partial charge < -0.3 is 14.7 Å². The normalized spacial score (nSPS) is 12.8. The lowest BCUT2D eigenvalue weighted by Gasteiger charge is -2.14. The molecule has 0 aromatic carbocycles. The van der Waals surface area contributed by atoms with Crippen LogP contribution in [-0.2, 0) is 16.6 Å². The fourth-order valence-electron chi connectivity index (χ4n) is 1.19. The van der Waals surface area contributed by atoms with E-state index < -0.39 is 5.97 Å². The largest absolute Gasteiger partial charge is 0.477 e. The van der Waals surface area contributed by atoms with Crippen LogP contribution in [0.3, 0.4) is 0 Å². The van der Waals surface area contributed by atoms with Gasteiger partial charge in [0.05, 0.1) is 12.7 Å². The Morgan fingerprint density at radius 2 is 2.12 bits per heavy atom. The van der Waals surface area contributed by atoms with Crippen LogP contribution >= 0.6 is 0 Å². The van der Waals surface area contributed by atoms with Gasteiger partial charge in [0.15, 0.2) is 5.71 Å². The van der Waals surface area contributed by atoms with E-state index in [1.807, 2.05) is 20.8 Å². The number of oxime groups is 1. The van der Waals surface area contributed by atoms with Crippen LogP contribution in [0.1, 0.15) is 32.1 Å². The van der Waals surface area contributed by atoms with Crippen molar-refractivity contribution in [3.8, 4) is 0 Å². The molecule has 1 rings (SSSR count). The van der Waals surface area contributed by atoms with Gasteiger partial charge >= 0.3 is 5.97 Å². The minimum atomic E-state index is -1.25. The summed E-state index contributed by atoms with van der Waals surface area (Å²) in [5.41, 5.74) is 0.585. The van der Waals surface area contributed by atoms with Gasteiger partial charge in [0.2, 0.25) is 0 Å². The van der Waals surface area contributed by atoms with Gasteiger partial charge in [0, 0.05) is 0 Å². The average Bonchev–Trinajstić information content (AvgIpc) is 2.61. The first-order valence-corrected chi connectivity index (χ1v) is 4.86. The molecule has 88 valence electrons. The summed E-state index contributed by atoms with van der Waals surface area (Å²) in [7, 11) is 0. The summed E-state index contributed by atoms with van der Waals surface area (Å²) in [6, 6.07) is 1.77. The molecule has 0 atom stereocenters. The molecule has 0 aliphatic carbocycles. The van der Waals surface area contributed by atoms with Crippen LogP contribution in [0.25, 0.3) is 0 Å². The van der Waals surface area contributed by atoms with Crippen molar-refractivity contribution in [1.29, 1.82) is 0 Å². The van der Waals surface area contributed by atoms with Crippen molar-refractivity contribution in [2.75, 3.05) is 0 Å². The standard InChI is InChI=1S/C11H15NO4/c1-11(2,3)7-4-8(16-6-7)5-9(12-15)10(13)14/h4,6,15H,5H2,1-3H3,(H,13,14)/b12-9-. The molecule has 0 amide bonds. The van der Waals surface area contributed by atoms with Crippen LogP contribution in [0.15, 0.2) is 21.9 Å². The quantitative estimate of drug-likeness (QED) is 0.468. The van der Waals surface area contributed by atoms with Crippen LogP contribution < -0.4 is 0 Å². The van der Waals surface area contributed by atoms with Crippen molar-refractivity contribution in [3.05, 3.63) is 23.7 Å². The first-order valence-electron chi connectivity index (χ1n) is 4.86. The summed E-state index contributed by atoms with van der Waals surface area (Å²) < 4.78 is 5.22. The number of hydrogen-bond acceptors (Lipinski definition) is 4. The van der Waals surface area contributed by atoms with Gasteiger partial charge in [0.25, 0.3) is 0 Å². The molecule has 0 spiro atoms. The molecule has 5 heteroatoms. The van der Waals surface area contributed by atoms with E-state index in [1.54, 1.807) is 12.3 Å². The molecule has 5 nitrogen and oxygen atoms in total. The van der Waals surface area contributed by atoms with Crippen molar-refractivity contribution < 1.29 is 19.5 Å². The minimum Gasteiger partial charge on any atom is -0.477 e. The van der Waals surface area contributed by atoms with Gasteiger partial charge in [-0.1, -0.05) is 25.9 Å². The monoisotopic (exact) mass is 225 g/mol. The summed E-state index contributed by atoms with van der Waals surface area (Å²) in [4.78, 5) is 10.6. The molecule has 2 N–H and O–H groups in total. The van der Waals surface area contributed by atoms with Gasteiger partial charge in [-0.15, -0.1) is 0 Å². The second-order valence-electron chi connectivity index (χ2n) is 4.58. The molecule has 0 bridgehead atoms. The molecule has 0 unspecified atom stereocenters. The van der Waals surface area contributed by atoms with Gasteiger partial charge in [0.1, 0.15) is 5.76 Å². The first-order chi connectivity index (χ1) is 7.34. The van der Waals surface area contributed by atoms with Crippen molar-refractivity contribution in [1.82, 2.24) is 0 Å². The fraction of sp³-hybridized carbons (Fsp3) is 0.455. The highest BCUT2D eigenvalue weighted by Crippen LogP contribution is 2.24. The third kappa shape index (κ3) is 2.85. The highest BCUT2D eigenvalue weighted by atomic mass is 16.4. The van der Waals surface area contributed by atoms with Crippen molar-refractivity contribution >= 4 is 11.7 Å². The molecular formula is C11H15NO4. The number of carboxylic acid groups (broad SMARTS) is 1. The van der Waals surface area contributed by atoms with E-state index in [0.29, 0.717) is 5.76 Å². The predicted molar refractivity (Wildman–Crippen MR) is 58.0 cm³/mol. The van der Waals surface area contributed by atoms with Crippen molar-refractivity contribution in [2.24, 2.45) is 5.16 Å². The Kier molecular flexibility index (Phi) is 3.37. The molecule has 0 aliphatic rings. The van der Waals surface area contributed by atoms with E-state index in [1.165, 1.54) is 0 Å².